The van der Waals surface area contributed by atoms with Crippen LogP contribution in [0.2, 0.25) is 5.02 Å². The summed E-state index contributed by atoms with van der Waals surface area (Å²) in [5.41, 5.74) is 3.38. The van der Waals surface area contributed by atoms with Crippen LogP contribution in [0.1, 0.15) is 18.9 Å². The molecule has 6 nitrogen and oxygen atoms in total. The number of piperazine rings is 1. The fourth-order valence-corrected chi connectivity index (χ4v) is 4.11. The molecule has 2 aromatic rings. The van der Waals surface area contributed by atoms with Crippen LogP contribution in [0.15, 0.2) is 36.4 Å². The molecular formula is C22H24ClFN4O2. The Hall–Kier alpha value is -2.64. The number of rotatable bonds is 4. The topological polar surface area (TPSA) is 64.7 Å². The van der Waals surface area contributed by atoms with Crippen LogP contribution in [0.4, 0.5) is 21.5 Å². The third kappa shape index (κ3) is 4.57. The zero-order chi connectivity index (χ0) is 21.3. The lowest BCUT2D eigenvalue weighted by atomic mass is 10.0. The van der Waals surface area contributed by atoms with E-state index in [4.69, 9.17) is 11.6 Å². The normalized spacial score (nSPS) is 19.2. The number of hydrogen-bond acceptors (Lipinski definition) is 4. The highest BCUT2D eigenvalue weighted by Gasteiger charge is 2.26. The number of nitrogens with zero attached hydrogens (tertiary/aromatic N) is 2. The monoisotopic (exact) mass is 430 g/mol. The lowest BCUT2D eigenvalue weighted by Gasteiger charge is -2.40. The molecule has 2 amide bonds. The SMILES string of the molecule is C[C@@H]1CN(c2ccc(Cl)c(F)c2)CCN1CC(=O)Nc1ccc2c(c1)CCC(=O)N2. The molecule has 2 N–H and O–H groups in total. The van der Waals surface area contributed by atoms with Gasteiger partial charge in [0, 0.05) is 49.2 Å². The number of aryl methyl sites for hydroxylation is 1. The maximum Gasteiger partial charge on any atom is 0.238 e. The maximum absolute atomic E-state index is 13.8. The van der Waals surface area contributed by atoms with E-state index in [0.717, 1.165) is 22.6 Å². The fourth-order valence-electron chi connectivity index (χ4n) is 3.99. The zero-order valence-corrected chi connectivity index (χ0v) is 17.5. The van der Waals surface area contributed by atoms with E-state index in [1.807, 2.05) is 18.2 Å². The van der Waals surface area contributed by atoms with Crippen molar-refractivity contribution in [3.8, 4) is 0 Å². The van der Waals surface area contributed by atoms with Gasteiger partial charge in [0.05, 0.1) is 11.6 Å². The molecular weight excluding hydrogens is 407 g/mol. The first-order chi connectivity index (χ1) is 14.4. The molecule has 0 aliphatic carbocycles. The first-order valence-electron chi connectivity index (χ1n) is 10.1. The molecule has 1 fully saturated rings. The summed E-state index contributed by atoms with van der Waals surface area (Å²) in [7, 11) is 0. The van der Waals surface area contributed by atoms with Crippen molar-refractivity contribution < 1.29 is 14.0 Å². The van der Waals surface area contributed by atoms with Gasteiger partial charge in [-0.1, -0.05) is 11.6 Å². The van der Waals surface area contributed by atoms with Crippen LogP contribution in [0.25, 0.3) is 0 Å². The molecule has 2 aliphatic rings. The lowest BCUT2D eigenvalue weighted by molar-refractivity contribution is -0.118. The predicted octanol–water partition coefficient (Wildman–Crippen LogP) is 3.51. The highest BCUT2D eigenvalue weighted by Crippen LogP contribution is 2.26. The van der Waals surface area contributed by atoms with Gasteiger partial charge < -0.3 is 15.5 Å². The van der Waals surface area contributed by atoms with Crippen molar-refractivity contribution in [3.05, 3.63) is 52.8 Å². The number of fused-ring (bicyclic) bond motifs is 1. The molecule has 0 bridgehead atoms. The number of anilines is 3. The van der Waals surface area contributed by atoms with Crippen molar-refractivity contribution in [3.63, 3.8) is 0 Å². The third-order valence-corrected chi connectivity index (χ3v) is 5.97. The molecule has 0 saturated carbocycles. The number of nitrogens with one attached hydrogen (secondary N) is 2. The predicted molar refractivity (Wildman–Crippen MR) is 117 cm³/mol. The van der Waals surface area contributed by atoms with Gasteiger partial charge in [-0.15, -0.1) is 0 Å². The van der Waals surface area contributed by atoms with Crippen molar-refractivity contribution in [2.45, 2.75) is 25.8 Å². The van der Waals surface area contributed by atoms with E-state index in [1.54, 1.807) is 12.1 Å². The second-order valence-electron chi connectivity index (χ2n) is 7.83. The van der Waals surface area contributed by atoms with Crippen LogP contribution in [0.3, 0.4) is 0 Å². The zero-order valence-electron chi connectivity index (χ0n) is 16.8. The number of carbonyl (C=O) groups excluding carboxylic acids is 2. The van der Waals surface area contributed by atoms with E-state index in [0.29, 0.717) is 32.5 Å². The van der Waals surface area contributed by atoms with E-state index in [9.17, 15) is 14.0 Å². The van der Waals surface area contributed by atoms with Gasteiger partial charge in [-0.25, -0.2) is 4.39 Å². The summed E-state index contributed by atoms with van der Waals surface area (Å²) in [6.45, 7) is 4.46. The molecule has 2 heterocycles. The molecule has 0 radical (unpaired) electrons. The Labute approximate surface area is 180 Å². The first-order valence-corrected chi connectivity index (χ1v) is 10.4. The van der Waals surface area contributed by atoms with Crippen LogP contribution in [-0.2, 0) is 16.0 Å². The van der Waals surface area contributed by atoms with Crippen molar-refractivity contribution in [2.24, 2.45) is 0 Å². The Balaban J connectivity index is 1.33. The van der Waals surface area contributed by atoms with E-state index >= 15 is 0 Å². The Morgan fingerprint density at radius 2 is 2.07 bits per heavy atom. The molecule has 1 saturated heterocycles. The van der Waals surface area contributed by atoms with Crippen LogP contribution >= 0.6 is 11.6 Å². The fraction of sp³-hybridized carbons (Fsp3) is 0.364. The number of carbonyl (C=O) groups is 2. The van der Waals surface area contributed by atoms with Gasteiger partial charge in [-0.3, -0.25) is 14.5 Å². The standard InChI is InChI=1S/C22H24ClFN4O2/c1-14-12-28(17-4-5-18(23)19(24)11-17)9-8-27(14)13-22(30)25-16-3-6-20-15(10-16)2-7-21(29)26-20/h3-6,10-11,14H,2,7-9,12-13H2,1H3,(H,25,30)(H,26,29)/t14-/m1/s1. The lowest BCUT2D eigenvalue weighted by Crippen LogP contribution is -2.53. The van der Waals surface area contributed by atoms with Crippen molar-refractivity contribution >= 4 is 40.5 Å². The van der Waals surface area contributed by atoms with Gasteiger partial charge in [0.25, 0.3) is 0 Å². The molecule has 2 aliphatic heterocycles. The van der Waals surface area contributed by atoms with Gasteiger partial charge in [0.15, 0.2) is 0 Å². The summed E-state index contributed by atoms with van der Waals surface area (Å²) in [4.78, 5) is 28.3. The van der Waals surface area contributed by atoms with E-state index in [1.165, 1.54) is 6.07 Å². The minimum absolute atomic E-state index is 0.0220. The highest BCUT2D eigenvalue weighted by molar-refractivity contribution is 6.30. The quantitative estimate of drug-likeness (QED) is 0.779. The Morgan fingerprint density at radius 1 is 1.23 bits per heavy atom. The van der Waals surface area contributed by atoms with Crippen molar-refractivity contribution in [2.75, 3.05) is 41.7 Å². The van der Waals surface area contributed by atoms with Crippen LogP contribution in [-0.4, -0.2) is 48.9 Å². The van der Waals surface area contributed by atoms with Gasteiger partial charge >= 0.3 is 0 Å². The number of halogens is 2. The molecule has 1 atom stereocenters. The largest absolute Gasteiger partial charge is 0.369 e. The minimum Gasteiger partial charge on any atom is -0.369 e. The summed E-state index contributed by atoms with van der Waals surface area (Å²) in [6.07, 6.45) is 1.14. The summed E-state index contributed by atoms with van der Waals surface area (Å²) in [5.74, 6) is -0.477. The number of amides is 2. The molecule has 8 heteroatoms. The maximum atomic E-state index is 13.8. The molecule has 0 aromatic heterocycles. The van der Waals surface area contributed by atoms with Crippen molar-refractivity contribution in [1.82, 2.24) is 4.90 Å². The number of benzene rings is 2. The van der Waals surface area contributed by atoms with E-state index < -0.39 is 5.82 Å². The summed E-state index contributed by atoms with van der Waals surface area (Å²) in [6, 6.07) is 10.5. The van der Waals surface area contributed by atoms with Gasteiger partial charge in [0.1, 0.15) is 5.82 Å². The second-order valence-corrected chi connectivity index (χ2v) is 8.24. The molecule has 0 spiro atoms. The Kier molecular flexibility index (Phi) is 5.92. The molecule has 2 aromatic carbocycles. The first kappa shape index (κ1) is 20.6. The third-order valence-electron chi connectivity index (χ3n) is 5.66. The van der Waals surface area contributed by atoms with Crippen LogP contribution in [0.5, 0.6) is 0 Å². The van der Waals surface area contributed by atoms with E-state index in [-0.39, 0.29) is 29.4 Å². The average molecular weight is 431 g/mol. The van der Waals surface area contributed by atoms with Gasteiger partial charge in [0.2, 0.25) is 11.8 Å². The van der Waals surface area contributed by atoms with E-state index in [2.05, 4.69) is 27.4 Å². The summed E-state index contributed by atoms with van der Waals surface area (Å²) in [5, 5.41) is 5.91. The molecule has 158 valence electrons. The Morgan fingerprint density at radius 3 is 2.83 bits per heavy atom. The second kappa shape index (κ2) is 8.62. The van der Waals surface area contributed by atoms with Crippen LogP contribution in [0, 0.1) is 5.82 Å². The average Bonchev–Trinajstić information content (AvgIpc) is 2.71. The summed E-state index contributed by atoms with van der Waals surface area (Å²) >= 11 is 5.78. The van der Waals surface area contributed by atoms with Crippen molar-refractivity contribution in [1.29, 1.82) is 0 Å². The van der Waals surface area contributed by atoms with Crippen LogP contribution < -0.4 is 15.5 Å². The number of hydrogen-bond donors (Lipinski definition) is 2. The smallest absolute Gasteiger partial charge is 0.238 e. The highest BCUT2D eigenvalue weighted by atomic mass is 35.5. The van der Waals surface area contributed by atoms with Gasteiger partial charge in [-0.2, -0.15) is 0 Å². The molecule has 0 unspecified atom stereocenters. The minimum atomic E-state index is -0.423. The Bertz CT molecular complexity index is 984. The van der Waals surface area contributed by atoms with Gasteiger partial charge in [-0.05, 0) is 55.3 Å². The molecule has 30 heavy (non-hydrogen) atoms. The molecule has 4 rings (SSSR count). The summed E-state index contributed by atoms with van der Waals surface area (Å²) < 4.78 is 13.8.